The molecule has 4 rings (SSSR count). The zero-order valence-corrected chi connectivity index (χ0v) is 17.1. The van der Waals surface area contributed by atoms with Gasteiger partial charge in [0.2, 0.25) is 0 Å². The molecule has 0 spiro atoms. The van der Waals surface area contributed by atoms with Gasteiger partial charge < -0.3 is 14.4 Å². The molecule has 0 aromatic heterocycles. The molecule has 1 amide bonds. The van der Waals surface area contributed by atoms with Gasteiger partial charge in [-0.2, -0.15) is 0 Å². The highest BCUT2D eigenvalue weighted by atomic mass is 19.1. The van der Waals surface area contributed by atoms with Crippen LogP contribution in [0.1, 0.15) is 48.0 Å². The van der Waals surface area contributed by atoms with E-state index in [-0.39, 0.29) is 42.2 Å². The summed E-state index contributed by atoms with van der Waals surface area (Å²) < 4.78 is 24.3. The zero-order chi connectivity index (χ0) is 21.1. The smallest absolute Gasteiger partial charge is 0.410 e. The van der Waals surface area contributed by atoms with Crippen LogP contribution in [0.15, 0.2) is 48.5 Å². The summed E-state index contributed by atoms with van der Waals surface area (Å²) in [5.74, 6) is -0.610. The van der Waals surface area contributed by atoms with E-state index >= 15 is 0 Å². The van der Waals surface area contributed by atoms with E-state index in [1.807, 2.05) is 35.2 Å². The average Bonchev–Trinajstić information content (AvgIpc) is 2.77. The molecule has 2 unspecified atom stereocenters. The van der Waals surface area contributed by atoms with Gasteiger partial charge in [0, 0.05) is 23.6 Å². The molecule has 30 heavy (non-hydrogen) atoms. The summed E-state index contributed by atoms with van der Waals surface area (Å²) in [4.78, 5) is 27.7. The first-order valence-electron chi connectivity index (χ1n) is 10.4. The Kier molecular flexibility index (Phi) is 6.02. The summed E-state index contributed by atoms with van der Waals surface area (Å²) in [7, 11) is 1.39. The number of fused-ring (bicyclic) bond motifs is 2. The van der Waals surface area contributed by atoms with Crippen molar-refractivity contribution in [3.63, 3.8) is 0 Å². The summed E-state index contributed by atoms with van der Waals surface area (Å²) in [6.07, 6.45) is 3.69. The molecule has 2 fully saturated rings. The number of piperidine rings is 2. The fourth-order valence-corrected chi connectivity index (χ4v) is 4.74. The van der Waals surface area contributed by atoms with Crippen molar-refractivity contribution >= 4 is 11.9 Å². The number of hydrogen-bond acceptors (Lipinski definition) is 4. The van der Waals surface area contributed by atoms with Gasteiger partial charge in [-0.1, -0.05) is 30.3 Å². The molecule has 2 atom stereocenters. The number of nitrogens with zero attached hydrogens (tertiary/aromatic N) is 1. The largest absolute Gasteiger partial charge is 0.494 e. The van der Waals surface area contributed by atoms with Crippen LogP contribution in [0.4, 0.5) is 9.18 Å². The highest BCUT2D eigenvalue weighted by Gasteiger charge is 2.43. The fraction of sp³-hybridized carbons (Fsp3) is 0.417. The minimum atomic E-state index is -0.484. The standard InChI is InChI=1S/C24H26FNO4/c1-29-22-14-17(10-11-21(22)25)23(27)18-12-19-8-5-9-20(13-18)26(19)24(28)30-15-16-6-3-2-4-7-16/h2-4,6-7,10-11,14,18-20H,5,8-9,12-13,15H2,1H3. The number of ketones is 1. The topological polar surface area (TPSA) is 55.8 Å². The minimum Gasteiger partial charge on any atom is -0.494 e. The first-order valence-corrected chi connectivity index (χ1v) is 10.4. The minimum absolute atomic E-state index is 0.00272. The lowest BCUT2D eigenvalue weighted by atomic mass is 9.76. The van der Waals surface area contributed by atoms with Crippen LogP contribution in [-0.4, -0.2) is 36.0 Å². The summed E-state index contributed by atoms with van der Waals surface area (Å²) in [6, 6.07) is 13.8. The number of hydrogen-bond donors (Lipinski definition) is 0. The molecule has 158 valence electrons. The Balaban J connectivity index is 1.44. The number of amides is 1. The SMILES string of the molecule is COc1cc(C(=O)C2CC3CCCC(C2)N3C(=O)OCc2ccccc2)ccc1F. The Hall–Kier alpha value is -2.89. The van der Waals surface area contributed by atoms with Crippen LogP contribution in [0.25, 0.3) is 0 Å². The highest BCUT2D eigenvalue weighted by Crippen LogP contribution is 2.39. The summed E-state index contributed by atoms with van der Waals surface area (Å²) in [5, 5.41) is 0. The number of methoxy groups -OCH3 is 1. The van der Waals surface area contributed by atoms with Crippen LogP contribution in [0.2, 0.25) is 0 Å². The van der Waals surface area contributed by atoms with E-state index in [4.69, 9.17) is 9.47 Å². The second kappa shape index (κ2) is 8.86. The molecular formula is C24H26FNO4. The number of halogens is 1. The molecule has 5 nitrogen and oxygen atoms in total. The first-order chi connectivity index (χ1) is 14.6. The fourth-order valence-electron chi connectivity index (χ4n) is 4.74. The van der Waals surface area contributed by atoms with Crippen molar-refractivity contribution < 1.29 is 23.5 Å². The highest BCUT2D eigenvalue weighted by molar-refractivity contribution is 5.98. The number of Topliss-reactive ketones (excluding diaryl/α,β-unsaturated/α-hetero) is 1. The number of rotatable bonds is 5. The van der Waals surface area contributed by atoms with Gasteiger partial charge in [0.05, 0.1) is 7.11 Å². The van der Waals surface area contributed by atoms with Crippen LogP contribution in [0.5, 0.6) is 5.75 Å². The van der Waals surface area contributed by atoms with Crippen molar-refractivity contribution in [3.8, 4) is 5.75 Å². The molecule has 0 aliphatic carbocycles. The molecule has 2 saturated heterocycles. The third-order valence-electron chi connectivity index (χ3n) is 6.20. The lowest BCUT2D eigenvalue weighted by Crippen LogP contribution is -2.55. The molecule has 2 aliphatic rings. The summed E-state index contributed by atoms with van der Waals surface area (Å²) in [6.45, 7) is 0.243. The van der Waals surface area contributed by atoms with E-state index in [1.165, 1.54) is 25.3 Å². The van der Waals surface area contributed by atoms with Gasteiger partial charge in [-0.3, -0.25) is 4.79 Å². The molecule has 2 heterocycles. The molecular weight excluding hydrogens is 385 g/mol. The molecule has 2 aromatic carbocycles. The number of ether oxygens (including phenoxy) is 2. The van der Waals surface area contributed by atoms with E-state index in [9.17, 15) is 14.0 Å². The molecule has 0 radical (unpaired) electrons. The van der Waals surface area contributed by atoms with Crippen molar-refractivity contribution in [2.75, 3.05) is 7.11 Å². The van der Waals surface area contributed by atoms with Gasteiger partial charge in [-0.15, -0.1) is 0 Å². The predicted molar refractivity (Wildman–Crippen MR) is 110 cm³/mol. The summed E-state index contributed by atoms with van der Waals surface area (Å²) in [5.41, 5.74) is 1.41. The zero-order valence-electron chi connectivity index (χ0n) is 17.1. The van der Waals surface area contributed by atoms with Crippen molar-refractivity contribution in [3.05, 3.63) is 65.5 Å². The van der Waals surface area contributed by atoms with E-state index in [0.717, 1.165) is 24.8 Å². The van der Waals surface area contributed by atoms with Crippen LogP contribution >= 0.6 is 0 Å². The predicted octanol–water partition coefficient (Wildman–Crippen LogP) is 4.99. The normalized spacial score (nSPS) is 23.0. The quantitative estimate of drug-likeness (QED) is 0.651. The van der Waals surface area contributed by atoms with Crippen LogP contribution in [0, 0.1) is 11.7 Å². The van der Waals surface area contributed by atoms with E-state index in [2.05, 4.69) is 0 Å². The maximum absolute atomic E-state index is 13.7. The monoisotopic (exact) mass is 411 g/mol. The summed E-state index contributed by atoms with van der Waals surface area (Å²) >= 11 is 0. The van der Waals surface area contributed by atoms with Gasteiger partial charge in [0.1, 0.15) is 6.61 Å². The second-order valence-electron chi connectivity index (χ2n) is 8.07. The average molecular weight is 411 g/mol. The van der Waals surface area contributed by atoms with Gasteiger partial charge in [0.25, 0.3) is 0 Å². The Morgan fingerprint density at radius 3 is 2.43 bits per heavy atom. The van der Waals surface area contributed by atoms with Crippen LogP contribution in [-0.2, 0) is 11.3 Å². The van der Waals surface area contributed by atoms with Crippen molar-refractivity contribution in [1.29, 1.82) is 0 Å². The van der Waals surface area contributed by atoms with Gasteiger partial charge in [0.15, 0.2) is 17.3 Å². The van der Waals surface area contributed by atoms with Gasteiger partial charge >= 0.3 is 6.09 Å². The third-order valence-corrected chi connectivity index (χ3v) is 6.20. The van der Waals surface area contributed by atoms with Gasteiger partial charge in [-0.25, -0.2) is 9.18 Å². The lowest BCUT2D eigenvalue weighted by molar-refractivity contribution is 0.00472. The molecule has 0 saturated carbocycles. The van der Waals surface area contributed by atoms with Crippen molar-refractivity contribution in [2.45, 2.75) is 50.8 Å². The van der Waals surface area contributed by atoms with E-state index in [1.54, 1.807) is 0 Å². The van der Waals surface area contributed by atoms with Crippen molar-refractivity contribution in [2.24, 2.45) is 5.92 Å². The lowest BCUT2D eigenvalue weighted by Gasteiger charge is -2.47. The maximum Gasteiger partial charge on any atom is 0.410 e. The Bertz CT molecular complexity index is 903. The van der Waals surface area contributed by atoms with Crippen LogP contribution in [0.3, 0.4) is 0 Å². The number of carbonyl (C=O) groups excluding carboxylic acids is 2. The third kappa shape index (κ3) is 4.18. The molecule has 2 aromatic rings. The van der Waals surface area contributed by atoms with E-state index < -0.39 is 5.82 Å². The Morgan fingerprint density at radius 2 is 1.77 bits per heavy atom. The second-order valence-corrected chi connectivity index (χ2v) is 8.07. The molecule has 2 bridgehead atoms. The molecule has 0 N–H and O–H groups in total. The number of carbonyl (C=O) groups is 2. The number of benzene rings is 2. The van der Waals surface area contributed by atoms with E-state index in [0.29, 0.717) is 18.4 Å². The first kappa shape index (κ1) is 20.4. The van der Waals surface area contributed by atoms with Crippen molar-refractivity contribution in [1.82, 2.24) is 4.90 Å². The van der Waals surface area contributed by atoms with Crippen LogP contribution < -0.4 is 4.74 Å². The van der Waals surface area contributed by atoms with Gasteiger partial charge in [-0.05, 0) is 55.9 Å². The Morgan fingerprint density at radius 1 is 1.07 bits per heavy atom. The molecule has 2 aliphatic heterocycles. The molecule has 6 heteroatoms. The Labute approximate surface area is 175 Å². The maximum atomic E-state index is 13.7.